The van der Waals surface area contributed by atoms with Crippen molar-refractivity contribution >= 4 is 74.5 Å². The van der Waals surface area contributed by atoms with Gasteiger partial charge in [-0.3, -0.25) is 14.4 Å². The van der Waals surface area contributed by atoms with Crippen molar-refractivity contribution in [2.24, 2.45) is 0 Å². The third-order valence-electron chi connectivity index (χ3n) is 5.91. The first-order chi connectivity index (χ1) is 20.2. The standard InChI is InChI=1S/C32H26BrClFN3O3S/c1-2-29(32(41)37-24-14-15-27(35)26(34)19-24)42-25-13-7-12-23(18-25)36-31(40)28(17-20-8-6-11-22(33)16-20)38-30(39)21-9-4-3-5-10-21/h3-19,29H,2H2,1H3,(H,36,40)(H,37,41)(H,38,39)/b28-17+. The molecule has 0 aromatic heterocycles. The van der Waals surface area contributed by atoms with Gasteiger partial charge in [0.25, 0.3) is 11.8 Å². The molecule has 0 saturated heterocycles. The first kappa shape index (κ1) is 31.0. The van der Waals surface area contributed by atoms with Crippen LogP contribution in [0.4, 0.5) is 15.8 Å². The Labute approximate surface area is 260 Å². The predicted octanol–water partition coefficient (Wildman–Crippen LogP) is 8.16. The fraction of sp³-hybridized carbons (Fsp3) is 0.0938. The second-order valence-electron chi connectivity index (χ2n) is 9.05. The number of nitrogens with one attached hydrogen (secondary N) is 3. The van der Waals surface area contributed by atoms with Gasteiger partial charge in [-0.15, -0.1) is 11.8 Å². The Morgan fingerprint density at radius 1 is 0.905 bits per heavy atom. The van der Waals surface area contributed by atoms with E-state index in [0.717, 1.165) is 9.37 Å². The van der Waals surface area contributed by atoms with Crippen LogP contribution in [0.3, 0.4) is 0 Å². The Kier molecular flexibility index (Phi) is 10.9. The van der Waals surface area contributed by atoms with E-state index < -0.39 is 22.9 Å². The van der Waals surface area contributed by atoms with Crippen LogP contribution in [0.5, 0.6) is 0 Å². The Morgan fingerprint density at radius 3 is 2.36 bits per heavy atom. The van der Waals surface area contributed by atoms with Crippen LogP contribution in [-0.4, -0.2) is 23.0 Å². The van der Waals surface area contributed by atoms with E-state index in [1.807, 2.05) is 37.3 Å². The van der Waals surface area contributed by atoms with Crippen LogP contribution in [0.1, 0.15) is 29.3 Å². The number of rotatable bonds is 10. The van der Waals surface area contributed by atoms with Gasteiger partial charge in [0.2, 0.25) is 5.91 Å². The third kappa shape index (κ3) is 8.79. The summed E-state index contributed by atoms with van der Waals surface area (Å²) in [4.78, 5) is 40.0. The molecule has 4 aromatic rings. The number of hydrogen-bond acceptors (Lipinski definition) is 4. The summed E-state index contributed by atoms with van der Waals surface area (Å²) in [6.07, 6.45) is 2.12. The molecule has 0 heterocycles. The minimum Gasteiger partial charge on any atom is -0.325 e. The van der Waals surface area contributed by atoms with E-state index in [-0.39, 0.29) is 16.6 Å². The van der Waals surface area contributed by atoms with Crippen molar-refractivity contribution in [1.29, 1.82) is 0 Å². The number of halogens is 3. The molecular weight excluding hydrogens is 641 g/mol. The second kappa shape index (κ2) is 14.8. The van der Waals surface area contributed by atoms with Gasteiger partial charge < -0.3 is 16.0 Å². The maximum Gasteiger partial charge on any atom is 0.272 e. The summed E-state index contributed by atoms with van der Waals surface area (Å²) >= 11 is 10.6. The normalized spacial score (nSPS) is 11.9. The Hall–Kier alpha value is -3.92. The zero-order valence-corrected chi connectivity index (χ0v) is 25.5. The summed E-state index contributed by atoms with van der Waals surface area (Å²) < 4.78 is 14.3. The molecule has 1 unspecified atom stereocenters. The van der Waals surface area contributed by atoms with Gasteiger partial charge in [0.1, 0.15) is 11.5 Å². The smallest absolute Gasteiger partial charge is 0.272 e. The van der Waals surface area contributed by atoms with Crippen LogP contribution < -0.4 is 16.0 Å². The van der Waals surface area contributed by atoms with Crippen molar-refractivity contribution in [3.8, 4) is 0 Å². The molecule has 0 aliphatic carbocycles. The number of amides is 3. The summed E-state index contributed by atoms with van der Waals surface area (Å²) in [6.45, 7) is 1.88. The molecule has 3 amide bonds. The van der Waals surface area contributed by atoms with Crippen molar-refractivity contribution in [2.45, 2.75) is 23.5 Å². The quantitative estimate of drug-likeness (QED) is 0.118. The highest BCUT2D eigenvalue weighted by Gasteiger charge is 2.20. The lowest BCUT2D eigenvalue weighted by Gasteiger charge is -2.16. The molecule has 0 aliphatic heterocycles. The van der Waals surface area contributed by atoms with E-state index in [9.17, 15) is 18.8 Å². The van der Waals surface area contributed by atoms with Gasteiger partial charge in [0, 0.05) is 26.3 Å². The van der Waals surface area contributed by atoms with Crippen LogP contribution in [0.15, 0.2) is 112 Å². The zero-order valence-electron chi connectivity index (χ0n) is 22.4. The predicted molar refractivity (Wildman–Crippen MR) is 171 cm³/mol. The van der Waals surface area contributed by atoms with Crippen LogP contribution in [0, 0.1) is 5.82 Å². The average molecular weight is 667 g/mol. The molecule has 4 rings (SSSR count). The number of benzene rings is 4. The lowest BCUT2D eigenvalue weighted by atomic mass is 10.1. The highest BCUT2D eigenvalue weighted by atomic mass is 79.9. The van der Waals surface area contributed by atoms with Crippen molar-refractivity contribution in [1.82, 2.24) is 5.32 Å². The maximum absolute atomic E-state index is 13.5. The molecule has 0 bridgehead atoms. The minimum absolute atomic E-state index is 0.0591. The van der Waals surface area contributed by atoms with Gasteiger partial charge in [-0.1, -0.05) is 70.9 Å². The van der Waals surface area contributed by atoms with E-state index in [0.29, 0.717) is 28.9 Å². The molecule has 1 atom stereocenters. The Balaban J connectivity index is 1.50. The van der Waals surface area contributed by atoms with E-state index in [1.165, 1.54) is 30.0 Å². The zero-order chi connectivity index (χ0) is 30.1. The van der Waals surface area contributed by atoms with Crippen LogP contribution in [0.25, 0.3) is 6.08 Å². The number of anilines is 2. The van der Waals surface area contributed by atoms with Gasteiger partial charge in [-0.05, 0) is 78.7 Å². The highest BCUT2D eigenvalue weighted by molar-refractivity contribution is 9.10. The molecule has 3 N–H and O–H groups in total. The summed E-state index contributed by atoms with van der Waals surface area (Å²) in [5.41, 5.74) is 2.07. The number of carbonyl (C=O) groups is 3. The first-order valence-corrected chi connectivity index (χ1v) is 14.9. The molecule has 214 valence electrons. The fourth-order valence-electron chi connectivity index (χ4n) is 3.83. The first-order valence-electron chi connectivity index (χ1n) is 12.9. The molecule has 4 aromatic carbocycles. The minimum atomic E-state index is -0.566. The molecular formula is C32H26BrClFN3O3S. The van der Waals surface area contributed by atoms with Gasteiger partial charge in [-0.25, -0.2) is 4.39 Å². The van der Waals surface area contributed by atoms with Crippen molar-refractivity contribution < 1.29 is 18.8 Å². The molecule has 0 aliphatic rings. The molecule has 0 spiro atoms. The monoisotopic (exact) mass is 665 g/mol. The molecule has 0 saturated carbocycles. The van der Waals surface area contributed by atoms with E-state index in [1.54, 1.807) is 54.6 Å². The molecule has 0 fully saturated rings. The Bertz CT molecular complexity index is 1630. The van der Waals surface area contributed by atoms with Crippen molar-refractivity contribution in [2.75, 3.05) is 10.6 Å². The van der Waals surface area contributed by atoms with Gasteiger partial charge in [0.05, 0.1) is 10.3 Å². The highest BCUT2D eigenvalue weighted by Crippen LogP contribution is 2.29. The van der Waals surface area contributed by atoms with E-state index >= 15 is 0 Å². The number of hydrogen-bond donors (Lipinski definition) is 3. The number of carbonyl (C=O) groups excluding carboxylic acids is 3. The summed E-state index contributed by atoms with van der Waals surface area (Å²) in [6, 6.07) is 27.0. The van der Waals surface area contributed by atoms with Crippen molar-refractivity contribution in [3.05, 3.63) is 129 Å². The molecule has 6 nitrogen and oxygen atoms in total. The molecule has 10 heteroatoms. The van der Waals surface area contributed by atoms with Crippen LogP contribution in [0.2, 0.25) is 5.02 Å². The van der Waals surface area contributed by atoms with Crippen molar-refractivity contribution in [3.63, 3.8) is 0 Å². The summed E-state index contributed by atoms with van der Waals surface area (Å²) in [5.74, 6) is -1.76. The van der Waals surface area contributed by atoms with Gasteiger partial charge >= 0.3 is 0 Å². The largest absolute Gasteiger partial charge is 0.325 e. The van der Waals surface area contributed by atoms with E-state index in [4.69, 9.17) is 11.6 Å². The second-order valence-corrected chi connectivity index (χ2v) is 11.6. The fourth-order valence-corrected chi connectivity index (χ4v) is 5.44. The number of thioether (sulfide) groups is 1. The van der Waals surface area contributed by atoms with Gasteiger partial charge in [-0.2, -0.15) is 0 Å². The SMILES string of the molecule is CCC(Sc1cccc(NC(=O)/C(=C\c2cccc(Br)c2)NC(=O)c2ccccc2)c1)C(=O)Nc1ccc(F)c(Cl)c1. The third-order valence-corrected chi connectivity index (χ3v) is 8.05. The lowest BCUT2D eigenvalue weighted by Crippen LogP contribution is -2.30. The molecule has 42 heavy (non-hydrogen) atoms. The molecule has 0 radical (unpaired) electrons. The Morgan fingerprint density at radius 2 is 1.64 bits per heavy atom. The maximum atomic E-state index is 13.5. The average Bonchev–Trinajstić information content (AvgIpc) is 2.98. The van der Waals surface area contributed by atoms with Crippen LogP contribution >= 0.6 is 39.3 Å². The lowest BCUT2D eigenvalue weighted by molar-refractivity contribution is -0.116. The van der Waals surface area contributed by atoms with E-state index in [2.05, 4.69) is 31.9 Å². The van der Waals surface area contributed by atoms with Crippen LogP contribution in [-0.2, 0) is 9.59 Å². The summed E-state index contributed by atoms with van der Waals surface area (Å²) in [7, 11) is 0. The topological polar surface area (TPSA) is 87.3 Å². The summed E-state index contributed by atoms with van der Waals surface area (Å²) in [5, 5.41) is 7.81. The van der Waals surface area contributed by atoms with Gasteiger partial charge in [0.15, 0.2) is 0 Å².